The lowest BCUT2D eigenvalue weighted by molar-refractivity contribution is -0.138. The Labute approximate surface area is 87.3 Å². The van der Waals surface area contributed by atoms with Gasteiger partial charge in [0, 0.05) is 5.33 Å². The molecule has 0 atom stereocenters. The Morgan fingerprint density at radius 3 is 2.43 bits per heavy atom. The summed E-state index contributed by atoms with van der Waals surface area (Å²) in [6.07, 6.45) is -4.36. The average Bonchev–Trinajstić information content (AvgIpc) is 2.15. The highest BCUT2D eigenvalue weighted by Gasteiger charge is 2.32. The molecule has 1 aromatic rings. The Bertz CT molecular complexity index is 379. The summed E-state index contributed by atoms with van der Waals surface area (Å²) in [7, 11) is 0. The minimum atomic E-state index is -4.36. The molecule has 1 aromatic carbocycles. The molecule has 0 unspecified atom stereocenters. The van der Waals surface area contributed by atoms with E-state index < -0.39 is 11.7 Å². The third kappa shape index (κ3) is 2.26. The second-order valence-corrected chi connectivity index (χ2v) is 3.18. The zero-order chi connectivity index (χ0) is 10.8. The van der Waals surface area contributed by atoms with Gasteiger partial charge in [-0.25, -0.2) is 0 Å². The van der Waals surface area contributed by atoms with E-state index in [1.165, 1.54) is 6.07 Å². The molecule has 0 aromatic heterocycles. The first-order valence-corrected chi connectivity index (χ1v) is 4.77. The van der Waals surface area contributed by atoms with Crippen LogP contribution in [0, 0.1) is 11.3 Å². The first-order valence-electron chi connectivity index (χ1n) is 3.65. The van der Waals surface area contributed by atoms with Gasteiger partial charge in [-0.3, -0.25) is 0 Å². The highest BCUT2D eigenvalue weighted by molar-refractivity contribution is 9.08. The lowest BCUT2D eigenvalue weighted by Gasteiger charge is -2.10. The van der Waals surface area contributed by atoms with Gasteiger partial charge in [0.05, 0.1) is 17.2 Å². The van der Waals surface area contributed by atoms with Crippen molar-refractivity contribution >= 4 is 15.9 Å². The number of rotatable bonds is 1. The normalized spacial score (nSPS) is 11.1. The predicted molar refractivity (Wildman–Crippen MR) is 48.8 cm³/mol. The Balaban J connectivity index is 3.27. The van der Waals surface area contributed by atoms with Crippen LogP contribution < -0.4 is 0 Å². The van der Waals surface area contributed by atoms with E-state index in [1.807, 2.05) is 0 Å². The zero-order valence-corrected chi connectivity index (χ0v) is 8.48. The summed E-state index contributed by atoms with van der Waals surface area (Å²) in [6, 6.07) is 5.11. The van der Waals surface area contributed by atoms with E-state index in [4.69, 9.17) is 5.26 Å². The zero-order valence-electron chi connectivity index (χ0n) is 6.90. The third-order valence-corrected chi connectivity index (χ3v) is 2.29. The molecule has 0 radical (unpaired) electrons. The SMILES string of the molecule is N#Cc1ccc(C(F)(F)F)c(CBr)c1. The monoisotopic (exact) mass is 263 g/mol. The molecule has 74 valence electrons. The molecule has 0 heterocycles. The summed E-state index contributed by atoms with van der Waals surface area (Å²) in [5, 5.41) is 8.59. The number of nitriles is 1. The van der Waals surface area contributed by atoms with Gasteiger partial charge in [-0.05, 0) is 23.8 Å². The number of hydrogen-bond acceptors (Lipinski definition) is 1. The summed E-state index contributed by atoms with van der Waals surface area (Å²) < 4.78 is 37.1. The molecular formula is C9H5BrF3N. The van der Waals surface area contributed by atoms with Crippen LogP contribution in [0.2, 0.25) is 0 Å². The van der Waals surface area contributed by atoms with Gasteiger partial charge in [0.1, 0.15) is 0 Å². The van der Waals surface area contributed by atoms with E-state index in [0.29, 0.717) is 0 Å². The molecule has 5 heteroatoms. The molecule has 0 saturated carbocycles. The molecule has 0 amide bonds. The van der Waals surface area contributed by atoms with Gasteiger partial charge in [0.2, 0.25) is 0 Å². The molecule has 0 fully saturated rings. The van der Waals surface area contributed by atoms with E-state index >= 15 is 0 Å². The van der Waals surface area contributed by atoms with Gasteiger partial charge in [-0.2, -0.15) is 18.4 Å². The Morgan fingerprint density at radius 1 is 1.36 bits per heavy atom. The van der Waals surface area contributed by atoms with Crippen molar-refractivity contribution in [2.75, 3.05) is 0 Å². The Morgan fingerprint density at radius 2 is 2.00 bits per heavy atom. The lowest BCUT2D eigenvalue weighted by Crippen LogP contribution is -2.08. The largest absolute Gasteiger partial charge is 0.416 e. The fourth-order valence-electron chi connectivity index (χ4n) is 1.05. The summed E-state index contributed by atoms with van der Waals surface area (Å²) in [5.74, 6) is 0. The van der Waals surface area contributed by atoms with Crippen LogP contribution in [0.4, 0.5) is 13.2 Å². The highest BCUT2D eigenvalue weighted by Crippen LogP contribution is 2.33. The van der Waals surface area contributed by atoms with E-state index in [2.05, 4.69) is 15.9 Å². The van der Waals surface area contributed by atoms with Crippen LogP contribution in [-0.2, 0) is 11.5 Å². The number of alkyl halides is 4. The number of hydrogen-bond donors (Lipinski definition) is 0. The van der Waals surface area contributed by atoms with Crippen LogP contribution in [0.3, 0.4) is 0 Å². The van der Waals surface area contributed by atoms with Crippen molar-refractivity contribution < 1.29 is 13.2 Å². The Kier molecular flexibility index (Phi) is 3.17. The summed E-state index contributed by atoms with van der Waals surface area (Å²) in [4.78, 5) is 0. The second-order valence-electron chi connectivity index (χ2n) is 2.62. The minimum absolute atomic E-state index is 0.0801. The van der Waals surface area contributed by atoms with Gasteiger partial charge >= 0.3 is 6.18 Å². The maximum absolute atomic E-state index is 12.4. The van der Waals surface area contributed by atoms with Gasteiger partial charge in [-0.15, -0.1) is 0 Å². The first-order chi connectivity index (χ1) is 6.49. The summed E-state index contributed by atoms with van der Waals surface area (Å²) in [5.41, 5.74) is -0.391. The number of benzene rings is 1. The minimum Gasteiger partial charge on any atom is -0.192 e. The smallest absolute Gasteiger partial charge is 0.192 e. The van der Waals surface area contributed by atoms with Crippen molar-refractivity contribution in [1.29, 1.82) is 5.26 Å². The van der Waals surface area contributed by atoms with Gasteiger partial charge < -0.3 is 0 Å². The van der Waals surface area contributed by atoms with Crippen molar-refractivity contribution in [3.05, 3.63) is 34.9 Å². The summed E-state index contributed by atoms with van der Waals surface area (Å²) in [6.45, 7) is 0. The molecule has 1 rings (SSSR count). The van der Waals surface area contributed by atoms with Crippen molar-refractivity contribution in [3.8, 4) is 6.07 Å². The summed E-state index contributed by atoms with van der Waals surface area (Å²) >= 11 is 2.95. The fourth-order valence-corrected chi connectivity index (χ4v) is 1.51. The van der Waals surface area contributed by atoms with Crippen LogP contribution in [0.5, 0.6) is 0 Å². The number of halogens is 4. The molecule has 0 aliphatic rings. The maximum Gasteiger partial charge on any atom is 0.416 e. The standard InChI is InChI=1S/C9H5BrF3N/c10-4-7-3-6(5-14)1-2-8(7)9(11,12)13/h1-3H,4H2. The molecule has 0 spiro atoms. The van der Waals surface area contributed by atoms with Gasteiger partial charge in [-0.1, -0.05) is 15.9 Å². The molecule has 0 aliphatic carbocycles. The van der Waals surface area contributed by atoms with Gasteiger partial charge in [0.15, 0.2) is 0 Å². The van der Waals surface area contributed by atoms with Crippen LogP contribution in [0.25, 0.3) is 0 Å². The Hall–Kier alpha value is -1.02. The fraction of sp³-hybridized carbons (Fsp3) is 0.222. The molecule has 1 nitrogen and oxygen atoms in total. The molecule has 0 N–H and O–H groups in total. The van der Waals surface area contributed by atoms with Gasteiger partial charge in [0.25, 0.3) is 0 Å². The van der Waals surface area contributed by atoms with Crippen LogP contribution in [0.1, 0.15) is 16.7 Å². The molecule has 14 heavy (non-hydrogen) atoms. The molecule has 0 aliphatic heterocycles. The van der Waals surface area contributed by atoms with Crippen molar-refractivity contribution in [3.63, 3.8) is 0 Å². The second kappa shape index (κ2) is 4.01. The van der Waals surface area contributed by atoms with Crippen molar-refractivity contribution in [2.45, 2.75) is 11.5 Å². The lowest BCUT2D eigenvalue weighted by atomic mass is 10.1. The predicted octanol–water partition coefficient (Wildman–Crippen LogP) is 3.47. The molecule has 0 saturated heterocycles. The van der Waals surface area contributed by atoms with Crippen LogP contribution in [0.15, 0.2) is 18.2 Å². The van der Waals surface area contributed by atoms with Crippen molar-refractivity contribution in [1.82, 2.24) is 0 Å². The molecule has 0 bridgehead atoms. The van der Waals surface area contributed by atoms with E-state index in [0.717, 1.165) is 12.1 Å². The van der Waals surface area contributed by atoms with Crippen LogP contribution in [-0.4, -0.2) is 0 Å². The highest BCUT2D eigenvalue weighted by atomic mass is 79.9. The topological polar surface area (TPSA) is 23.8 Å². The number of nitrogens with zero attached hydrogens (tertiary/aromatic N) is 1. The first kappa shape index (κ1) is 11.1. The van der Waals surface area contributed by atoms with Crippen molar-refractivity contribution in [2.24, 2.45) is 0 Å². The van der Waals surface area contributed by atoms with E-state index in [-0.39, 0.29) is 16.5 Å². The van der Waals surface area contributed by atoms with E-state index in [9.17, 15) is 13.2 Å². The quantitative estimate of drug-likeness (QED) is 0.712. The maximum atomic E-state index is 12.4. The van der Waals surface area contributed by atoms with Crippen LogP contribution >= 0.6 is 15.9 Å². The molecular weight excluding hydrogens is 259 g/mol. The van der Waals surface area contributed by atoms with E-state index in [1.54, 1.807) is 6.07 Å². The average molecular weight is 264 g/mol. The third-order valence-electron chi connectivity index (χ3n) is 1.68.